The summed E-state index contributed by atoms with van der Waals surface area (Å²) in [6.07, 6.45) is 7.29. The van der Waals surface area contributed by atoms with Gasteiger partial charge in [-0.1, -0.05) is 54.2 Å². The van der Waals surface area contributed by atoms with Crippen molar-refractivity contribution in [3.8, 4) is 11.1 Å². The Labute approximate surface area is 275 Å². The number of hydrogen-bond donors (Lipinski definition) is 2. The Bertz CT molecular complexity index is 1610. The number of halogens is 1. The first-order valence-corrected chi connectivity index (χ1v) is 16.8. The van der Waals surface area contributed by atoms with Crippen molar-refractivity contribution < 1.29 is 19.1 Å². The summed E-state index contributed by atoms with van der Waals surface area (Å²) < 4.78 is 13.5. The van der Waals surface area contributed by atoms with Crippen LogP contribution in [-0.4, -0.2) is 58.4 Å². The van der Waals surface area contributed by atoms with E-state index >= 15 is 0 Å². The maximum atomic E-state index is 13.2. The molecule has 2 saturated heterocycles. The third kappa shape index (κ3) is 6.71. The predicted molar refractivity (Wildman–Crippen MR) is 181 cm³/mol. The number of hydrogen-bond acceptors (Lipinski definition) is 5. The van der Waals surface area contributed by atoms with Gasteiger partial charge in [-0.15, -0.1) is 0 Å². The summed E-state index contributed by atoms with van der Waals surface area (Å²) in [6, 6.07) is 12.4. The summed E-state index contributed by atoms with van der Waals surface area (Å²) in [5, 5.41) is 4.89. The minimum absolute atomic E-state index is 0.0146. The first kappa shape index (κ1) is 31.8. The van der Waals surface area contributed by atoms with Crippen molar-refractivity contribution in [2.75, 3.05) is 26.3 Å². The molecular formula is C35H43ClN4O4S. The maximum absolute atomic E-state index is 13.2. The topological polar surface area (TPSA) is 98.8 Å². The Kier molecular flexibility index (Phi) is 8.89. The van der Waals surface area contributed by atoms with E-state index in [4.69, 9.17) is 39.0 Å². The van der Waals surface area contributed by atoms with E-state index in [-0.39, 0.29) is 29.4 Å². The van der Waals surface area contributed by atoms with Crippen LogP contribution in [0.5, 0.6) is 0 Å². The summed E-state index contributed by atoms with van der Waals surface area (Å²) >= 11 is 12.4. The van der Waals surface area contributed by atoms with Crippen LogP contribution in [0.1, 0.15) is 76.5 Å². The molecule has 0 atom stereocenters. The van der Waals surface area contributed by atoms with Crippen molar-refractivity contribution in [1.29, 1.82) is 0 Å². The Morgan fingerprint density at radius 2 is 1.84 bits per heavy atom. The molecule has 2 aromatic carbocycles. The average Bonchev–Trinajstić information content (AvgIpc) is 3.40. The summed E-state index contributed by atoms with van der Waals surface area (Å²) in [5.74, 6) is 0.0561. The number of likely N-dealkylation sites (tertiary alicyclic amines) is 1. The molecule has 1 spiro atoms. The first-order valence-electron chi connectivity index (χ1n) is 16.0. The van der Waals surface area contributed by atoms with Crippen LogP contribution < -0.4 is 11.1 Å². The molecule has 6 rings (SSSR count). The van der Waals surface area contributed by atoms with E-state index in [2.05, 4.69) is 28.2 Å². The Hall–Kier alpha value is -3.14. The van der Waals surface area contributed by atoms with Crippen LogP contribution in [0, 0.1) is 11.3 Å². The van der Waals surface area contributed by atoms with Crippen LogP contribution in [0.25, 0.3) is 22.0 Å². The van der Waals surface area contributed by atoms with Crippen LogP contribution in [0.4, 0.5) is 4.79 Å². The van der Waals surface area contributed by atoms with Gasteiger partial charge < -0.3 is 30.0 Å². The lowest BCUT2D eigenvalue weighted by atomic mass is 9.57. The summed E-state index contributed by atoms with van der Waals surface area (Å²) in [5.41, 5.74) is 10.4. The molecule has 2 amide bonds. The first-order chi connectivity index (χ1) is 21.4. The van der Waals surface area contributed by atoms with E-state index in [1.54, 1.807) is 4.90 Å². The van der Waals surface area contributed by atoms with Crippen molar-refractivity contribution in [1.82, 2.24) is 14.8 Å². The zero-order valence-corrected chi connectivity index (χ0v) is 27.9. The van der Waals surface area contributed by atoms with Crippen LogP contribution in [0.15, 0.2) is 42.6 Å². The average molecular weight is 651 g/mol. The van der Waals surface area contributed by atoms with Gasteiger partial charge in [0, 0.05) is 67.5 Å². The molecule has 3 aliphatic rings. The number of fused-ring (bicyclic) bond motifs is 1. The van der Waals surface area contributed by atoms with E-state index in [0.29, 0.717) is 42.9 Å². The smallest absolute Gasteiger partial charge is 0.410 e. The highest BCUT2D eigenvalue weighted by molar-refractivity contribution is 7.80. The van der Waals surface area contributed by atoms with Gasteiger partial charge in [0.05, 0.1) is 10.5 Å². The van der Waals surface area contributed by atoms with Gasteiger partial charge in [0.2, 0.25) is 5.91 Å². The summed E-state index contributed by atoms with van der Waals surface area (Å²) in [7, 11) is 0. The van der Waals surface area contributed by atoms with Crippen molar-refractivity contribution >= 4 is 51.7 Å². The molecule has 3 heterocycles. The molecule has 3 fully saturated rings. The third-order valence-electron chi connectivity index (χ3n) is 9.71. The van der Waals surface area contributed by atoms with E-state index in [9.17, 15) is 9.59 Å². The SMILES string of the molecule is CC(C)(C)OC(=O)N1CCC2(CC1)CC(C(=O)NCc1ccc3c(-c4cccc(C(N)=S)c4)cn(C4CCOCC4)c3c1Cl)C2. The second-order valence-corrected chi connectivity index (χ2v) is 14.8. The molecule has 3 aromatic rings. The van der Waals surface area contributed by atoms with Gasteiger partial charge in [-0.2, -0.15) is 0 Å². The third-order valence-corrected chi connectivity index (χ3v) is 10.4. The molecule has 10 heteroatoms. The van der Waals surface area contributed by atoms with Crippen molar-refractivity contribution in [2.45, 2.75) is 77.5 Å². The summed E-state index contributed by atoms with van der Waals surface area (Å²) in [6.45, 7) is 8.81. The van der Waals surface area contributed by atoms with E-state index in [1.807, 2.05) is 45.0 Å². The lowest BCUT2D eigenvalue weighted by molar-refractivity contribution is -0.135. The normalized spacial score (nSPS) is 19.0. The van der Waals surface area contributed by atoms with Gasteiger partial charge in [0.25, 0.3) is 0 Å². The zero-order valence-electron chi connectivity index (χ0n) is 26.4. The number of piperidine rings is 1. The molecule has 1 aliphatic carbocycles. The highest BCUT2D eigenvalue weighted by Gasteiger charge is 2.49. The zero-order chi connectivity index (χ0) is 31.9. The fraction of sp³-hybridized carbons (Fsp3) is 0.514. The number of carbonyl (C=O) groups is 2. The van der Waals surface area contributed by atoms with Crippen LogP contribution in [0.2, 0.25) is 5.02 Å². The monoisotopic (exact) mass is 650 g/mol. The highest BCUT2D eigenvalue weighted by atomic mass is 35.5. The number of nitrogens with zero attached hydrogens (tertiary/aromatic N) is 2. The Morgan fingerprint density at radius 1 is 1.13 bits per heavy atom. The minimum Gasteiger partial charge on any atom is -0.444 e. The van der Waals surface area contributed by atoms with Crippen LogP contribution in [0.3, 0.4) is 0 Å². The molecule has 1 aromatic heterocycles. The second kappa shape index (κ2) is 12.6. The van der Waals surface area contributed by atoms with Crippen LogP contribution >= 0.6 is 23.8 Å². The van der Waals surface area contributed by atoms with E-state index in [0.717, 1.165) is 71.7 Å². The molecule has 0 radical (unpaired) electrons. The van der Waals surface area contributed by atoms with Crippen LogP contribution in [-0.2, 0) is 20.8 Å². The molecule has 240 valence electrons. The lowest BCUT2D eigenvalue weighted by Crippen LogP contribution is -2.52. The van der Waals surface area contributed by atoms with E-state index < -0.39 is 5.60 Å². The van der Waals surface area contributed by atoms with Crippen molar-refractivity contribution in [2.24, 2.45) is 17.1 Å². The number of ether oxygens (including phenoxy) is 2. The number of thiocarbonyl (C=S) groups is 1. The van der Waals surface area contributed by atoms with E-state index in [1.165, 1.54) is 0 Å². The van der Waals surface area contributed by atoms with Gasteiger partial charge >= 0.3 is 6.09 Å². The number of amides is 2. The van der Waals surface area contributed by atoms with Gasteiger partial charge in [-0.3, -0.25) is 4.79 Å². The fourth-order valence-corrected chi connectivity index (χ4v) is 7.66. The largest absolute Gasteiger partial charge is 0.444 e. The lowest BCUT2D eigenvalue weighted by Gasteiger charge is -2.51. The molecule has 8 nitrogen and oxygen atoms in total. The molecule has 3 N–H and O–H groups in total. The number of carbonyl (C=O) groups excluding carboxylic acids is 2. The standard InChI is InChI=1S/C35H43ClN4O4S/c1-34(2,3)44-33(42)39-13-11-35(12-14-39)18-25(19-35)32(41)38-20-24-7-8-27-28(22-5-4-6-23(17-22)31(37)45)21-40(30(27)29(24)36)26-9-15-43-16-10-26/h4-8,17,21,25-26H,9-16,18-20H2,1-3H3,(H2,37,45)(H,38,41). The number of benzene rings is 2. The summed E-state index contributed by atoms with van der Waals surface area (Å²) in [4.78, 5) is 27.9. The van der Waals surface area contributed by atoms with Gasteiger partial charge in [0.1, 0.15) is 10.6 Å². The maximum Gasteiger partial charge on any atom is 0.410 e. The second-order valence-electron chi connectivity index (χ2n) is 14.0. The van der Waals surface area contributed by atoms with Gasteiger partial charge in [0.15, 0.2) is 0 Å². The number of aromatic nitrogens is 1. The minimum atomic E-state index is -0.499. The Morgan fingerprint density at radius 3 is 2.51 bits per heavy atom. The van der Waals surface area contributed by atoms with Crippen molar-refractivity contribution in [3.63, 3.8) is 0 Å². The molecule has 1 saturated carbocycles. The van der Waals surface area contributed by atoms with Gasteiger partial charge in [-0.05, 0) is 81.9 Å². The molecule has 45 heavy (non-hydrogen) atoms. The fourth-order valence-electron chi connectivity index (χ4n) is 7.20. The molecule has 0 bridgehead atoms. The predicted octanol–water partition coefficient (Wildman–Crippen LogP) is 6.99. The molecule has 2 aliphatic heterocycles. The Balaban J connectivity index is 1.14. The molecular weight excluding hydrogens is 608 g/mol. The van der Waals surface area contributed by atoms with Gasteiger partial charge in [-0.25, -0.2) is 4.79 Å². The quantitative estimate of drug-likeness (QED) is 0.279. The van der Waals surface area contributed by atoms with Crippen molar-refractivity contribution in [3.05, 3.63) is 58.7 Å². The number of rotatable bonds is 6. The highest BCUT2D eigenvalue weighted by Crippen LogP contribution is 2.52. The molecule has 0 unspecified atom stereocenters. The number of nitrogens with one attached hydrogen (secondary N) is 1. The number of nitrogens with two attached hydrogens (primary N) is 1.